The number of nitrogens with one attached hydrogen (secondary N) is 3. The SMILES string of the molecule is Clc1ccccc1NNC1=CC[NH+](Cc2ccccc2)CC1. The standard InChI is InChI=1S/C18H20ClN3/c19-17-8-4-5-9-18(17)21-20-16-10-12-22(13-11-16)14-15-6-2-1-3-7-15/h1-10,20-21H,11-14H2/p+1. The molecule has 1 aliphatic heterocycles. The lowest BCUT2D eigenvalue weighted by Crippen LogP contribution is -3.11. The first-order valence-electron chi connectivity index (χ1n) is 7.64. The molecular formula is C18H21ClN3+. The number of hydrazine groups is 1. The Morgan fingerprint density at radius 1 is 0.955 bits per heavy atom. The van der Waals surface area contributed by atoms with E-state index >= 15 is 0 Å². The van der Waals surface area contributed by atoms with Crippen LogP contribution in [0.2, 0.25) is 5.02 Å². The Morgan fingerprint density at radius 2 is 1.73 bits per heavy atom. The highest BCUT2D eigenvalue weighted by atomic mass is 35.5. The van der Waals surface area contributed by atoms with Crippen LogP contribution in [0.3, 0.4) is 0 Å². The van der Waals surface area contributed by atoms with Crippen molar-refractivity contribution in [3.63, 3.8) is 0 Å². The molecule has 0 fully saturated rings. The number of quaternary nitrogens is 1. The minimum Gasteiger partial charge on any atom is -0.328 e. The number of para-hydroxylation sites is 1. The zero-order chi connectivity index (χ0) is 15.2. The van der Waals surface area contributed by atoms with Crippen LogP contribution in [-0.2, 0) is 6.54 Å². The van der Waals surface area contributed by atoms with E-state index < -0.39 is 0 Å². The molecule has 3 nitrogen and oxygen atoms in total. The van der Waals surface area contributed by atoms with Gasteiger partial charge < -0.3 is 10.3 Å². The maximum Gasteiger partial charge on any atom is 0.103 e. The van der Waals surface area contributed by atoms with Gasteiger partial charge in [-0.1, -0.05) is 54.1 Å². The fourth-order valence-corrected chi connectivity index (χ4v) is 2.83. The van der Waals surface area contributed by atoms with Crippen molar-refractivity contribution < 1.29 is 4.90 Å². The second-order valence-corrected chi connectivity index (χ2v) is 5.98. The number of hydrogen-bond donors (Lipinski definition) is 3. The van der Waals surface area contributed by atoms with Crippen LogP contribution in [0.4, 0.5) is 5.69 Å². The summed E-state index contributed by atoms with van der Waals surface area (Å²) in [5, 5.41) is 0.725. The summed E-state index contributed by atoms with van der Waals surface area (Å²) >= 11 is 6.13. The van der Waals surface area contributed by atoms with E-state index in [1.54, 1.807) is 4.90 Å². The molecule has 2 aromatic carbocycles. The quantitative estimate of drug-likeness (QED) is 0.741. The molecule has 22 heavy (non-hydrogen) atoms. The molecule has 0 aromatic heterocycles. The highest BCUT2D eigenvalue weighted by Gasteiger charge is 2.15. The average molecular weight is 315 g/mol. The third-order valence-corrected chi connectivity index (χ3v) is 4.24. The fourth-order valence-electron chi connectivity index (χ4n) is 2.65. The Labute approximate surface area is 136 Å². The van der Waals surface area contributed by atoms with E-state index in [9.17, 15) is 0 Å². The van der Waals surface area contributed by atoms with Gasteiger partial charge in [0.25, 0.3) is 0 Å². The summed E-state index contributed by atoms with van der Waals surface area (Å²) in [6.07, 6.45) is 3.31. The first-order valence-corrected chi connectivity index (χ1v) is 8.02. The normalized spacial score (nSPS) is 17.7. The van der Waals surface area contributed by atoms with Gasteiger partial charge in [-0.05, 0) is 18.2 Å². The number of benzene rings is 2. The van der Waals surface area contributed by atoms with Crippen LogP contribution >= 0.6 is 11.6 Å². The van der Waals surface area contributed by atoms with Crippen LogP contribution in [-0.4, -0.2) is 13.1 Å². The van der Waals surface area contributed by atoms with E-state index in [1.807, 2.05) is 24.3 Å². The van der Waals surface area contributed by atoms with Gasteiger partial charge in [-0.25, -0.2) is 0 Å². The highest BCUT2D eigenvalue weighted by molar-refractivity contribution is 6.33. The zero-order valence-electron chi connectivity index (χ0n) is 12.5. The third kappa shape index (κ3) is 4.03. The molecule has 3 rings (SSSR count). The molecule has 1 aliphatic rings. The predicted molar refractivity (Wildman–Crippen MR) is 91.8 cm³/mol. The molecule has 2 aromatic rings. The number of halogens is 1. The molecule has 0 amide bonds. The Bertz CT molecular complexity index is 640. The average Bonchev–Trinajstić information content (AvgIpc) is 2.56. The Kier molecular flexibility index (Phi) is 4.99. The molecule has 0 spiro atoms. The molecule has 1 unspecified atom stereocenters. The Balaban J connectivity index is 1.50. The second kappa shape index (κ2) is 7.34. The van der Waals surface area contributed by atoms with Crippen molar-refractivity contribution in [2.45, 2.75) is 13.0 Å². The van der Waals surface area contributed by atoms with Crippen molar-refractivity contribution in [1.29, 1.82) is 0 Å². The van der Waals surface area contributed by atoms with E-state index in [-0.39, 0.29) is 0 Å². The summed E-state index contributed by atoms with van der Waals surface area (Å²) in [7, 11) is 0. The van der Waals surface area contributed by atoms with Crippen LogP contribution in [0.1, 0.15) is 12.0 Å². The summed E-state index contributed by atoms with van der Waals surface area (Å²) in [5.74, 6) is 0. The van der Waals surface area contributed by atoms with Crippen LogP contribution < -0.4 is 15.8 Å². The van der Waals surface area contributed by atoms with Gasteiger partial charge in [-0.15, -0.1) is 0 Å². The van der Waals surface area contributed by atoms with Crippen molar-refractivity contribution in [2.75, 3.05) is 18.5 Å². The van der Waals surface area contributed by atoms with Crippen molar-refractivity contribution in [3.8, 4) is 0 Å². The van der Waals surface area contributed by atoms with Gasteiger partial charge in [0.15, 0.2) is 0 Å². The van der Waals surface area contributed by atoms with Crippen LogP contribution in [0.15, 0.2) is 66.4 Å². The molecular weight excluding hydrogens is 294 g/mol. The summed E-state index contributed by atoms with van der Waals surface area (Å²) in [6.45, 7) is 3.27. The topological polar surface area (TPSA) is 28.5 Å². The smallest absolute Gasteiger partial charge is 0.103 e. The summed E-state index contributed by atoms with van der Waals surface area (Å²) in [6, 6.07) is 18.4. The molecule has 0 saturated heterocycles. The lowest BCUT2D eigenvalue weighted by molar-refractivity contribution is -0.909. The predicted octanol–water partition coefficient (Wildman–Crippen LogP) is 2.63. The third-order valence-electron chi connectivity index (χ3n) is 3.91. The van der Waals surface area contributed by atoms with E-state index in [2.05, 4.69) is 47.3 Å². The van der Waals surface area contributed by atoms with Gasteiger partial charge >= 0.3 is 0 Å². The maximum atomic E-state index is 6.13. The Hall–Kier alpha value is -1.97. The molecule has 1 heterocycles. The van der Waals surface area contributed by atoms with Crippen molar-refractivity contribution in [2.24, 2.45) is 0 Å². The van der Waals surface area contributed by atoms with Gasteiger partial charge in [-0.2, -0.15) is 0 Å². The van der Waals surface area contributed by atoms with Crippen molar-refractivity contribution in [1.82, 2.24) is 5.43 Å². The molecule has 114 valence electrons. The second-order valence-electron chi connectivity index (χ2n) is 5.58. The molecule has 0 radical (unpaired) electrons. The number of hydrogen-bond acceptors (Lipinski definition) is 2. The van der Waals surface area contributed by atoms with Crippen LogP contribution in [0, 0.1) is 0 Å². The summed E-state index contributed by atoms with van der Waals surface area (Å²) < 4.78 is 0. The van der Waals surface area contributed by atoms with Gasteiger partial charge in [0.2, 0.25) is 0 Å². The molecule has 4 heteroatoms. The van der Waals surface area contributed by atoms with Crippen LogP contribution in [0.5, 0.6) is 0 Å². The minimum absolute atomic E-state index is 0.725. The Morgan fingerprint density at radius 3 is 2.45 bits per heavy atom. The lowest BCUT2D eigenvalue weighted by Gasteiger charge is -2.24. The van der Waals surface area contributed by atoms with Gasteiger partial charge in [0, 0.05) is 17.7 Å². The molecule has 0 saturated carbocycles. The van der Waals surface area contributed by atoms with Gasteiger partial charge in [0.1, 0.15) is 6.54 Å². The minimum atomic E-state index is 0.725. The van der Waals surface area contributed by atoms with Gasteiger partial charge in [0.05, 0.1) is 23.8 Å². The van der Waals surface area contributed by atoms with Crippen molar-refractivity contribution >= 4 is 17.3 Å². The van der Waals surface area contributed by atoms with E-state index in [0.29, 0.717) is 0 Å². The largest absolute Gasteiger partial charge is 0.328 e. The van der Waals surface area contributed by atoms with Crippen molar-refractivity contribution in [3.05, 3.63) is 77.0 Å². The van der Waals surface area contributed by atoms with E-state index in [0.717, 1.165) is 36.8 Å². The fraction of sp³-hybridized carbons (Fsp3) is 0.222. The first kappa shape index (κ1) is 14.9. The maximum absolute atomic E-state index is 6.13. The zero-order valence-corrected chi connectivity index (χ0v) is 13.2. The highest BCUT2D eigenvalue weighted by Crippen LogP contribution is 2.19. The number of rotatable bonds is 5. The van der Waals surface area contributed by atoms with E-state index in [1.165, 1.54) is 11.3 Å². The number of anilines is 1. The monoisotopic (exact) mass is 314 g/mol. The summed E-state index contributed by atoms with van der Waals surface area (Å²) in [5.41, 5.74) is 10.0. The lowest BCUT2D eigenvalue weighted by atomic mass is 10.1. The van der Waals surface area contributed by atoms with E-state index in [4.69, 9.17) is 11.6 Å². The summed E-state index contributed by atoms with van der Waals surface area (Å²) in [4.78, 5) is 1.59. The molecule has 0 aliphatic carbocycles. The van der Waals surface area contributed by atoms with Gasteiger partial charge in [-0.3, -0.25) is 5.43 Å². The molecule has 0 bridgehead atoms. The first-order chi connectivity index (χ1) is 10.8. The van der Waals surface area contributed by atoms with Crippen LogP contribution in [0.25, 0.3) is 0 Å². The molecule has 3 N–H and O–H groups in total. The molecule has 1 atom stereocenters.